The van der Waals surface area contributed by atoms with Crippen LogP contribution in [0.3, 0.4) is 0 Å². The predicted molar refractivity (Wildman–Crippen MR) is 575 cm³/mol. The number of ketones is 8. The minimum Gasteiger partial charge on any atom is -0.507 e. The van der Waals surface area contributed by atoms with E-state index in [1.165, 1.54) is 108 Å². The van der Waals surface area contributed by atoms with E-state index in [-0.39, 0.29) is 63.0 Å². The van der Waals surface area contributed by atoms with Gasteiger partial charge in [-0.05, 0) is 163 Å². The fourth-order valence-electron chi connectivity index (χ4n) is 22.2. The molecule has 10 atom stereocenters. The van der Waals surface area contributed by atoms with E-state index < -0.39 is 0 Å². The van der Waals surface area contributed by atoms with Gasteiger partial charge in [-0.25, -0.2) is 0 Å². The molecule has 0 spiro atoms. The lowest BCUT2D eigenvalue weighted by molar-refractivity contribution is 0.0977. The quantitative estimate of drug-likeness (QED) is 0.0130. The van der Waals surface area contributed by atoms with E-state index in [0.29, 0.717) is 161 Å². The Morgan fingerprint density at radius 1 is 0.333 bits per heavy atom. The van der Waals surface area contributed by atoms with Crippen molar-refractivity contribution >= 4 is 86.1 Å². The lowest BCUT2D eigenvalue weighted by atomic mass is 9.60. The summed E-state index contributed by atoms with van der Waals surface area (Å²) in [6.07, 6.45) is 37.3. The molecule has 8 aromatic carbocycles. The summed E-state index contributed by atoms with van der Waals surface area (Å²) in [5.41, 5.74) is 22.1. The highest BCUT2D eigenvalue weighted by atomic mass is 16.3. The van der Waals surface area contributed by atoms with E-state index in [1.807, 2.05) is 60.7 Å². The minimum absolute atomic E-state index is 0.0126. The summed E-state index contributed by atoms with van der Waals surface area (Å²) in [5, 5.41) is 33.0. The molecule has 1 saturated carbocycles. The number of anilines is 7. The van der Waals surface area contributed by atoms with E-state index in [2.05, 4.69) is 162 Å². The van der Waals surface area contributed by atoms with Gasteiger partial charge in [0.05, 0.1) is 50.2 Å². The summed E-state index contributed by atoms with van der Waals surface area (Å²) in [4.78, 5) is 109. The number of phenolic OH excluding ortho intramolecular Hbond substituents is 1. The van der Waals surface area contributed by atoms with Crippen LogP contribution in [0.2, 0.25) is 0 Å². The standard InChI is InChI=1S/C32H42N2O2.2C30H42N2O2.C30H41NO3/c1-6-8-11-20(7-2)18-33-26-17-24-29(34-25-16-19(3)14-15-23(25)32(24,4)5)28-27(26)30(35)21-12-9-10-13-22(21)31(28)36;1-5-9-13-20(7-3)17-22-18-25(32-19-21(8-4)14-10-6-2)26-27(28(22)31)30(34)24-16-12-11-15-23(24)29(26)33;1-5-9-13-21(7-3)19-31-25-17-18-26(32-20-22(8-4)14-10-6-2)28-27(25)29(33)23-15-11-12-16-24(23)30(28)34;1-5-9-13-20(7-3)17-22-18-25(31-19-21(8-4)14-10-6-2)26-27(28(22)32)30(34)24-16-12-11-15-23(24)29(26)33/h9-10,12-13,17,19-20,23,25,33-34H,6-8,11,14-16,18H2,1-5H3;11-12,15-16,18,20-21,32H,5-10,13-14,17,19,31H2,1-4H3;11-12,15-18,21-22,31-32H,5-10,13-14,19-20H2,1-4H3;11-12,15-16,18,20-21,31-32H,5-10,13-14,17,19H2,1-4H3. The molecular weight excluding hydrogens is 1710 g/mol. The van der Waals surface area contributed by atoms with E-state index in [4.69, 9.17) is 5.73 Å². The van der Waals surface area contributed by atoms with Crippen LogP contribution < -0.4 is 37.6 Å². The average Bonchev–Trinajstić information content (AvgIpc) is 0.708. The maximum Gasteiger partial charge on any atom is 0.198 e. The lowest BCUT2D eigenvalue weighted by Gasteiger charge is -2.50. The fourth-order valence-corrected chi connectivity index (χ4v) is 22.2. The Morgan fingerprint density at radius 3 is 0.920 bits per heavy atom. The maximum atomic E-state index is 14.0. The van der Waals surface area contributed by atoms with Crippen molar-refractivity contribution in [3.8, 4) is 5.75 Å². The van der Waals surface area contributed by atoms with E-state index in [9.17, 15) is 43.5 Å². The van der Waals surface area contributed by atoms with Crippen LogP contribution >= 0.6 is 0 Å². The number of aromatic hydroxyl groups is 1. The molecule has 1 aliphatic heterocycles. The van der Waals surface area contributed by atoms with E-state index in [0.717, 1.165) is 175 Å². The Kier molecular flexibility index (Phi) is 40.8. The van der Waals surface area contributed by atoms with Gasteiger partial charge in [0.1, 0.15) is 5.75 Å². The number of carbonyl (C=O) groups is 8. The monoisotopic (exact) mass is 1870 g/mol. The van der Waals surface area contributed by atoms with Gasteiger partial charge >= 0.3 is 0 Å². The minimum atomic E-state index is -0.257. The second-order valence-electron chi connectivity index (χ2n) is 41.5. The maximum absolute atomic E-state index is 14.0. The topological polar surface area (TPSA) is 255 Å². The number of nitrogens with two attached hydrogens (primary N) is 1. The Bertz CT molecular complexity index is 5280. The number of phenols is 1. The third-order valence-electron chi connectivity index (χ3n) is 31.6. The molecule has 10 unspecified atom stereocenters. The summed E-state index contributed by atoms with van der Waals surface area (Å²) >= 11 is 0. The number of hydrogen-bond donors (Lipinski definition) is 8. The first-order valence-corrected chi connectivity index (χ1v) is 54.2. The molecule has 6 aliphatic rings. The zero-order chi connectivity index (χ0) is 99.4. The van der Waals surface area contributed by atoms with Crippen molar-refractivity contribution in [3.05, 3.63) is 233 Å². The van der Waals surface area contributed by atoms with Crippen molar-refractivity contribution in [2.24, 2.45) is 53.3 Å². The summed E-state index contributed by atoms with van der Waals surface area (Å²) in [5.74, 6) is 3.96. The average molecular weight is 1880 g/mol. The predicted octanol–water partition coefficient (Wildman–Crippen LogP) is 30.3. The van der Waals surface area contributed by atoms with Crippen LogP contribution in [-0.2, 0) is 18.3 Å². The molecule has 16 nitrogen and oxygen atoms in total. The number of nitrogen functional groups attached to an aromatic ring is 1. The number of rotatable bonds is 47. The molecule has 744 valence electrons. The normalized spacial score (nSPS) is 17.1. The number of fused-ring (bicyclic) bond motifs is 11. The lowest BCUT2D eigenvalue weighted by Crippen LogP contribution is -2.49. The molecule has 0 bridgehead atoms. The Labute approximate surface area is 828 Å². The molecule has 5 aliphatic carbocycles. The van der Waals surface area contributed by atoms with Crippen LogP contribution in [0.15, 0.2) is 127 Å². The second-order valence-corrected chi connectivity index (χ2v) is 41.5. The second kappa shape index (κ2) is 52.1. The molecule has 0 saturated heterocycles. The molecule has 16 heteroatoms. The summed E-state index contributed by atoms with van der Waals surface area (Å²) in [6.45, 7) is 42.0. The van der Waals surface area contributed by atoms with Crippen molar-refractivity contribution in [1.82, 2.24) is 0 Å². The number of hydrogen-bond acceptors (Lipinski definition) is 16. The smallest absolute Gasteiger partial charge is 0.198 e. The summed E-state index contributed by atoms with van der Waals surface area (Å²) in [6, 6.07) is 39.1. The summed E-state index contributed by atoms with van der Waals surface area (Å²) < 4.78 is 0. The molecule has 0 aromatic heterocycles. The highest BCUT2D eigenvalue weighted by molar-refractivity contribution is 6.35. The zero-order valence-electron chi connectivity index (χ0n) is 87.1. The van der Waals surface area contributed by atoms with Gasteiger partial charge in [-0.2, -0.15) is 0 Å². The Morgan fingerprint density at radius 2 is 0.594 bits per heavy atom. The van der Waals surface area contributed by atoms with Gasteiger partial charge in [0, 0.05) is 117 Å². The molecule has 1 fully saturated rings. The van der Waals surface area contributed by atoms with Crippen LogP contribution in [0.1, 0.15) is 461 Å². The van der Waals surface area contributed by atoms with Gasteiger partial charge < -0.3 is 42.7 Å². The van der Waals surface area contributed by atoms with E-state index in [1.54, 1.807) is 54.6 Å². The molecule has 14 rings (SSSR count). The van der Waals surface area contributed by atoms with Gasteiger partial charge in [-0.1, -0.05) is 369 Å². The van der Waals surface area contributed by atoms with Crippen LogP contribution in [0.25, 0.3) is 0 Å². The largest absolute Gasteiger partial charge is 0.507 e. The van der Waals surface area contributed by atoms with Crippen molar-refractivity contribution in [1.29, 1.82) is 0 Å². The van der Waals surface area contributed by atoms with Gasteiger partial charge in [0.2, 0.25) is 0 Å². The highest BCUT2D eigenvalue weighted by Crippen LogP contribution is 2.54. The molecule has 8 aromatic rings. The molecule has 1 heterocycles. The molecule has 0 radical (unpaired) electrons. The molecule has 9 N–H and O–H groups in total. The molecular formula is C122H167N7O9. The Balaban J connectivity index is 0.000000176. The van der Waals surface area contributed by atoms with Crippen molar-refractivity contribution < 1.29 is 43.5 Å². The Hall–Kier alpha value is -10.5. The first kappa shape index (κ1) is 108. The first-order chi connectivity index (χ1) is 66.7. The van der Waals surface area contributed by atoms with Crippen molar-refractivity contribution in [3.63, 3.8) is 0 Å². The van der Waals surface area contributed by atoms with E-state index >= 15 is 0 Å². The number of unbranched alkanes of at least 4 members (excludes halogenated alkanes) is 7. The van der Waals surface area contributed by atoms with Crippen molar-refractivity contribution in [2.75, 3.05) is 70.4 Å². The number of carbonyl (C=O) groups excluding carboxylic acids is 8. The van der Waals surface area contributed by atoms with Gasteiger partial charge in [0.15, 0.2) is 46.3 Å². The molecule has 0 amide bonds. The van der Waals surface area contributed by atoms with Gasteiger partial charge in [-0.15, -0.1) is 0 Å². The summed E-state index contributed by atoms with van der Waals surface area (Å²) in [7, 11) is 0. The first-order valence-electron chi connectivity index (χ1n) is 54.2. The number of nitrogens with one attached hydrogen (secondary N) is 6. The van der Waals surface area contributed by atoms with Crippen LogP contribution in [-0.4, -0.2) is 90.1 Å². The fraction of sp³-hybridized carbons (Fsp3) is 0.541. The highest BCUT2D eigenvalue weighted by Gasteiger charge is 2.49. The number of benzene rings is 8. The SMILES string of the molecule is CCCCC(CC)CNc1cc(CC(CC)CCCC)c(N)c2c1C(=O)c1ccccc1C2=O.CCCCC(CC)CNc1cc(CC(CC)CCCC)c(O)c2c1C(=O)c1ccccc1C2=O.CCCCC(CC)CNc1cc2c(c3c1C(=O)c1ccccc1C3=O)NC1CC(C)CCC1C2(C)C.CCCCC(CC)CNc1ccc(NCC(CC)CCCC)c2c1C(=O)c1ccccc1C2=O. The van der Waals surface area contributed by atoms with Gasteiger partial charge in [0.25, 0.3) is 0 Å². The van der Waals surface area contributed by atoms with Gasteiger partial charge in [-0.3, -0.25) is 38.4 Å². The third-order valence-corrected chi connectivity index (χ3v) is 31.6. The van der Waals surface area contributed by atoms with Crippen LogP contribution in [0.4, 0.5) is 39.8 Å². The third kappa shape index (κ3) is 25.1. The molecule has 138 heavy (non-hydrogen) atoms. The van der Waals surface area contributed by atoms with Crippen LogP contribution in [0.5, 0.6) is 5.75 Å². The zero-order valence-corrected chi connectivity index (χ0v) is 87.1. The van der Waals surface area contributed by atoms with Crippen molar-refractivity contribution in [2.45, 2.75) is 341 Å². The van der Waals surface area contributed by atoms with Crippen LogP contribution in [0, 0.1) is 53.3 Å².